The van der Waals surface area contributed by atoms with E-state index in [4.69, 9.17) is 5.11 Å². The number of benzene rings is 1. The van der Waals surface area contributed by atoms with E-state index < -0.39 is 17.8 Å². The van der Waals surface area contributed by atoms with Gasteiger partial charge >= 0.3 is 5.97 Å². The molecule has 4 nitrogen and oxygen atoms in total. The fourth-order valence-corrected chi connectivity index (χ4v) is 2.65. The molecule has 1 fully saturated rings. The first-order valence-corrected chi connectivity index (χ1v) is 6.74. The molecule has 1 N–H and O–H groups in total. The Morgan fingerprint density at radius 2 is 2.21 bits per heavy atom. The Morgan fingerprint density at radius 1 is 1.47 bits per heavy atom. The maximum absolute atomic E-state index is 13.1. The monoisotopic (exact) mass is 329 g/mol. The number of hydrogen-bond donors (Lipinski definition) is 1. The van der Waals surface area contributed by atoms with Crippen LogP contribution in [0.1, 0.15) is 18.4 Å². The highest BCUT2D eigenvalue weighted by Crippen LogP contribution is 2.22. The van der Waals surface area contributed by atoms with Gasteiger partial charge in [-0.05, 0) is 36.6 Å². The molecule has 0 saturated carbocycles. The zero-order valence-corrected chi connectivity index (χ0v) is 11.7. The third-order valence-corrected chi connectivity index (χ3v) is 3.98. The minimum absolute atomic E-state index is 0.00211. The van der Waals surface area contributed by atoms with Crippen LogP contribution in [-0.2, 0) is 16.0 Å². The molecule has 1 atom stereocenters. The average Bonchev–Trinajstić information content (AvgIpc) is 2.83. The smallest absolute Gasteiger partial charge is 0.326 e. The van der Waals surface area contributed by atoms with Crippen molar-refractivity contribution >= 4 is 27.8 Å². The summed E-state index contributed by atoms with van der Waals surface area (Å²) < 4.78 is 13.8. The normalized spacial score (nSPS) is 18.6. The van der Waals surface area contributed by atoms with Gasteiger partial charge < -0.3 is 10.0 Å². The van der Waals surface area contributed by atoms with Crippen LogP contribution in [0.15, 0.2) is 22.7 Å². The van der Waals surface area contributed by atoms with Crippen molar-refractivity contribution < 1.29 is 19.1 Å². The molecule has 2 rings (SSSR count). The standard InChI is InChI=1S/C13H13BrFNO3/c14-10-4-3-9(15)6-8(10)7-12(17)16-5-1-2-11(16)13(18)19/h3-4,6,11H,1-2,5,7H2,(H,18,19). The SMILES string of the molecule is O=C(O)C1CCCN1C(=O)Cc1cc(F)ccc1Br. The summed E-state index contributed by atoms with van der Waals surface area (Å²) in [5, 5.41) is 9.03. The second-order valence-corrected chi connectivity index (χ2v) is 5.35. The molecule has 1 heterocycles. The van der Waals surface area contributed by atoms with Gasteiger partial charge in [0.25, 0.3) is 0 Å². The maximum Gasteiger partial charge on any atom is 0.326 e. The fourth-order valence-electron chi connectivity index (χ4n) is 2.27. The van der Waals surface area contributed by atoms with Crippen molar-refractivity contribution in [3.63, 3.8) is 0 Å². The minimum Gasteiger partial charge on any atom is -0.480 e. The summed E-state index contributed by atoms with van der Waals surface area (Å²) in [6.45, 7) is 0.447. The summed E-state index contributed by atoms with van der Waals surface area (Å²) in [5.74, 6) is -1.68. The van der Waals surface area contributed by atoms with Gasteiger partial charge in [0.05, 0.1) is 6.42 Å². The first-order valence-electron chi connectivity index (χ1n) is 5.95. The van der Waals surface area contributed by atoms with Crippen LogP contribution in [0, 0.1) is 5.82 Å². The number of likely N-dealkylation sites (tertiary alicyclic amines) is 1. The molecule has 1 unspecified atom stereocenters. The van der Waals surface area contributed by atoms with Crippen LogP contribution in [0.2, 0.25) is 0 Å². The largest absolute Gasteiger partial charge is 0.480 e. The summed E-state index contributed by atoms with van der Waals surface area (Å²) in [6.07, 6.45) is 1.17. The lowest BCUT2D eigenvalue weighted by molar-refractivity contribution is -0.148. The summed E-state index contributed by atoms with van der Waals surface area (Å²) in [7, 11) is 0. The van der Waals surface area contributed by atoms with Crippen LogP contribution >= 0.6 is 15.9 Å². The number of halogens is 2. The lowest BCUT2D eigenvalue weighted by Crippen LogP contribution is -2.41. The molecule has 0 aliphatic carbocycles. The highest BCUT2D eigenvalue weighted by Gasteiger charge is 2.33. The Morgan fingerprint density at radius 3 is 2.89 bits per heavy atom. The van der Waals surface area contributed by atoms with Crippen molar-refractivity contribution in [1.82, 2.24) is 4.90 Å². The van der Waals surface area contributed by atoms with Gasteiger partial charge in [0, 0.05) is 11.0 Å². The van der Waals surface area contributed by atoms with Crippen LogP contribution in [0.4, 0.5) is 4.39 Å². The predicted molar refractivity (Wildman–Crippen MR) is 70.2 cm³/mol. The molecule has 1 aliphatic heterocycles. The summed E-state index contributed by atoms with van der Waals surface area (Å²) in [5.41, 5.74) is 0.529. The predicted octanol–water partition coefficient (Wildman–Crippen LogP) is 2.21. The van der Waals surface area contributed by atoms with Crippen LogP contribution in [0.5, 0.6) is 0 Å². The molecule has 0 spiro atoms. The van der Waals surface area contributed by atoms with Crippen LogP contribution in [-0.4, -0.2) is 34.5 Å². The van der Waals surface area contributed by atoms with Crippen molar-refractivity contribution in [3.8, 4) is 0 Å². The molecule has 6 heteroatoms. The molecule has 1 aromatic carbocycles. The van der Waals surface area contributed by atoms with Gasteiger partial charge in [0.15, 0.2) is 0 Å². The molecule has 19 heavy (non-hydrogen) atoms. The molecular formula is C13H13BrFNO3. The Labute approximate surface area is 118 Å². The van der Waals surface area contributed by atoms with E-state index in [2.05, 4.69) is 15.9 Å². The lowest BCUT2D eigenvalue weighted by Gasteiger charge is -2.21. The Bertz CT molecular complexity index is 521. The molecule has 1 saturated heterocycles. The molecular weight excluding hydrogens is 317 g/mol. The van der Waals surface area contributed by atoms with E-state index in [9.17, 15) is 14.0 Å². The van der Waals surface area contributed by atoms with Gasteiger partial charge in [0.2, 0.25) is 5.91 Å². The number of amides is 1. The molecule has 102 valence electrons. The number of carbonyl (C=O) groups is 2. The highest BCUT2D eigenvalue weighted by molar-refractivity contribution is 9.10. The molecule has 1 amide bonds. The van der Waals surface area contributed by atoms with Crippen molar-refractivity contribution in [2.24, 2.45) is 0 Å². The van der Waals surface area contributed by atoms with Crippen molar-refractivity contribution in [3.05, 3.63) is 34.1 Å². The first-order chi connectivity index (χ1) is 8.99. The molecule has 1 aliphatic rings. The quantitative estimate of drug-likeness (QED) is 0.924. The van der Waals surface area contributed by atoms with E-state index in [0.29, 0.717) is 29.4 Å². The van der Waals surface area contributed by atoms with Crippen LogP contribution in [0.25, 0.3) is 0 Å². The number of carboxylic acid groups (broad SMARTS) is 1. The zero-order chi connectivity index (χ0) is 14.0. The second kappa shape index (κ2) is 5.69. The van der Waals surface area contributed by atoms with Crippen LogP contribution < -0.4 is 0 Å². The number of aliphatic carboxylic acids is 1. The van der Waals surface area contributed by atoms with Gasteiger partial charge in [-0.2, -0.15) is 0 Å². The van der Waals surface area contributed by atoms with E-state index in [1.165, 1.54) is 23.1 Å². The summed E-state index contributed by atoms with van der Waals surface area (Å²) >= 11 is 3.26. The van der Waals surface area contributed by atoms with E-state index in [1.807, 2.05) is 0 Å². The fraction of sp³-hybridized carbons (Fsp3) is 0.385. The summed E-state index contributed by atoms with van der Waals surface area (Å²) in [4.78, 5) is 24.5. The third kappa shape index (κ3) is 3.12. The van der Waals surface area contributed by atoms with Crippen LogP contribution in [0.3, 0.4) is 0 Å². The topological polar surface area (TPSA) is 57.6 Å². The van der Waals surface area contributed by atoms with Crippen molar-refractivity contribution in [2.45, 2.75) is 25.3 Å². The second-order valence-electron chi connectivity index (χ2n) is 4.50. The molecule has 0 bridgehead atoms. The van der Waals surface area contributed by atoms with Gasteiger partial charge in [-0.1, -0.05) is 15.9 Å². The van der Waals surface area contributed by atoms with Gasteiger partial charge in [0.1, 0.15) is 11.9 Å². The van der Waals surface area contributed by atoms with E-state index >= 15 is 0 Å². The number of hydrogen-bond acceptors (Lipinski definition) is 2. The van der Waals surface area contributed by atoms with Gasteiger partial charge in [-0.3, -0.25) is 4.79 Å². The van der Waals surface area contributed by atoms with E-state index in [1.54, 1.807) is 0 Å². The summed E-state index contributed by atoms with van der Waals surface area (Å²) in [6, 6.07) is 3.37. The van der Waals surface area contributed by atoms with Crippen molar-refractivity contribution in [1.29, 1.82) is 0 Å². The highest BCUT2D eigenvalue weighted by atomic mass is 79.9. The molecule has 0 radical (unpaired) electrons. The lowest BCUT2D eigenvalue weighted by atomic mass is 10.1. The third-order valence-electron chi connectivity index (χ3n) is 3.21. The zero-order valence-electron chi connectivity index (χ0n) is 10.1. The van der Waals surface area contributed by atoms with E-state index in [0.717, 1.165) is 0 Å². The Balaban J connectivity index is 2.12. The number of carboxylic acids is 1. The van der Waals surface area contributed by atoms with Gasteiger partial charge in [-0.25, -0.2) is 9.18 Å². The number of carbonyl (C=O) groups excluding carboxylic acids is 1. The van der Waals surface area contributed by atoms with E-state index in [-0.39, 0.29) is 12.3 Å². The van der Waals surface area contributed by atoms with Gasteiger partial charge in [-0.15, -0.1) is 0 Å². The average molecular weight is 330 g/mol. The number of rotatable bonds is 3. The molecule has 1 aromatic rings. The maximum atomic E-state index is 13.1. The number of nitrogens with zero attached hydrogens (tertiary/aromatic N) is 1. The Hall–Kier alpha value is -1.43. The first kappa shape index (κ1) is 14.0. The minimum atomic E-state index is -0.982. The van der Waals surface area contributed by atoms with Crippen molar-refractivity contribution in [2.75, 3.05) is 6.54 Å². The molecule has 0 aromatic heterocycles. The Kier molecular flexibility index (Phi) is 4.19.